The van der Waals surface area contributed by atoms with Crippen LogP contribution >= 0.6 is 0 Å². The van der Waals surface area contributed by atoms with Crippen LogP contribution in [0.15, 0.2) is 18.2 Å². The molecule has 4 unspecified atom stereocenters. The number of carbonyl (C=O) groups is 1. The summed E-state index contributed by atoms with van der Waals surface area (Å²) >= 11 is 0. The van der Waals surface area contributed by atoms with Gasteiger partial charge >= 0.3 is 0 Å². The number of aromatic hydroxyl groups is 2. The molecule has 7 atom stereocenters. The molecule has 182 valence electrons. The number of ketones is 1. The number of Topliss-reactive ketones (excluding diaryl/α,β-unsaturated/α-hetero) is 1. The monoisotopic (exact) mass is 462 g/mol. The molecule has 0 saturated carbocycles. The molecule has 8 heteroatoms. The zero-order valence-electron chi connectivity index (χ0n) is 19.4. The largest absolute Gasteiger partial charge is 0.504 e. The maximum atomic E-state index is 13.7. The maximum Gasteiger partial charge on any atom is 0.203 e. The van der Waals surface area contributed by atoms with Crippen molar-refractivity contribution in [3.63, 3.8) is 0 Å². The van der Waals surface area contributed by atoms with Crippen molar-refractivity contribution in [2.45, 2.75) is 82.6 Å². The van der Waals surface area contributed by atoms with Gasteiger partial charge in [-0.3, -0.25) is 4.79 Å². The first-order valence-corrected chi connectivity index (χ1v) is 11.8. The van der Waals surface area contributed by atoms with Crippen LogP contribution in [0.2, 0.25) is 0 Å². The van der Waals surface area contributed by atoms with E-state index in [9.17, 15) is 25.2 Å². The maximum absolute atomic E-state index is 13.7. The predicted molar refractivity (Wildman–Crippen MR) is 119 cm³/mol. The second kappa shape index (κ2) is 9.25. The van der Waals surface area contributed by atoms with E-state index in [1.807, 2.05) is 13.8 Å². The number of benzene rings is 1. The van der Waals surface area contributed by atoms with E-state index in [2.05, 4.69) is 12.2 Å². The number of phenolic OH excluding ortho intramolecular Hbond substituents is 2. The summed E-state index contributed by atoms with van der Waals surface area (Å²) in [5, 5.41) is 42.9. The fourth-order valence-corrected chi connectivity index (χ4v) is 5.39. The van der Waals surface area contributed by atoms with Crippen molar-refractivity contribution in [2.24, 2.45) is 11.8 Å². The summed E-state index contributed by atoms with van der Waals surface area (Å²) in [6.45, 7) is 3.93. The first-order chi connectivity index (χ1) is 15.7. The Morgan fingerprint density at radius 2 is 2.00 bits per heavy atom. The number of ether oxygens (including phenoxy) is 3. The van der Waals surface area contributed by atoms with Gasteiger partial charge in [-0.05, 0) is 49.7 Å². The van der Waals surface area contributed by atoms with Gasteiger partial charge in [0.05, 0.1) is 31.0 Å². The van der Waals surface area contributed by atoms with Crippen LogP contribution in [0, 0.1) is 11.8 Å². The van der Waals surface area contributed by atoms with Crippen molar-refractivity contribution < 1.29 is 39.4 Å². The summed E-state index contributed by atoms with van der Waals surface area (Å²) in [6.07, 6.45) is 3.95. The van der Waals surface area contributed by atoms with Crippen LogP contribution in [0.1, 0.15) is 61.9 Å². The van der Waals surface area contributed by atoms with Gasteiger partial charge in [0.15, 0.2) is 29.2 Å². The SMILES string of the molecule is CC[C@@H]1OC12C(O)O[C@@H](C1CCC/C=C/C(C)Cc3cc(c(O)c(OC)c3O)C1=O)C[C@H]2O. The minimum Gasteiger partial charge on any atom is -0.504 e. The standard InChI is InChI=1S/C25H34O8/c1-4-19-25(33-19)18(26)12-17(32-24(25)30)15-9-7-5-6-8-13(2)10-14-11-16(21(15)28)22(29)23(31-3)20(14)27/h6,8,11,13,15,17-19,24,26-27,29-30H,4-5,7,9-10,12H2,1-3H3/b8-6+/t13?,15?,17-,18-,19+,24?,25?/m1/s1. The summed E-state index contributed by atoms with van der Waals surface area (Å²) in [5.41, 5.74) is -0.580. The van der Waals surface area contributed by atoms with Gasteiger partial charge in [0, 0.05) is 12.3 Å². The lowest BCUT2D eigenvalue weighted by Gasteiger charge is -2.39. The molecule has 1 spiro atoms. The molecule has 33 heavy (non-hydrogen) atoms. The van der Waals surface area contributed by atoms with Gasteiger partial charge in [-0.15, -0.1) is 0 Å². The Morgan fingerprint density at radius 3 is 2.64 bits per heavy atom. The van der Waals surface area contributed by atoms with Crippen molar-refractivity contribution in [3.8, 4) is 17.2 Å². The molecule has 1 aromatic rings. The molecular weight excluding hydrogens is 428 g/mol. The molecular formula is C25H34O8. The number of hydrogen-bond donors (Lipinski definition) is 4. The zero-order chi connectivity index (χ0) is 23.9. The highest BCUT2D eigenvalue weighted by atomic mass is 16.7. The fourth-order valence-electron chi connectivity index (χ4n) is 5.39. The molecule has 2 aliphatic heterocycles. The third kappa shape index (κ3) is 4.14. The molecule has 8 nitrogen and oxygen atoms in total. The van der Waals surface area contributed by atoms with Gasteiger partial charge in [0.1, 0.15) is 0 Å². The van der Waals surface area contributed by atoms with Gasteiger partial charge in [0.25, 0.3) is 0 Å². The number of phenols is 2. The number of rotatable bonds is 3. The topological polar surface area (TPSA) is 129 Å². The Labute approximate surface area is 193 Å². The number of epoxide rings is 1. The molecule has 1 aliphatic carbocycles. The number of carbonyl (C=O) groups excluding carboxylic acids is 1. The smallest absolute Gasteiger partial charge is 0.203 e. The van der Waals surface area contributed by atoms with Crippen LogP contribution in [-0.4, -0.2) is 63.5 Å². The number of aliphatic hydroxyl groups is 2. The highest BCUT2D eigenvalue weighted by Gasteiger charge is 2.68. The molecule has 0 amide bonds. The molecule has 2 fully saturated rings. The van der Waals surface area contributed by atoms with E-state index in [0.29, 0.717) is 31.2 Å². The average Bonchev–Trinajstić information content (AvgIpc) is 3.52. The first kappa shape index (κ1) is 24.0. The van der Waals surface area contributed by atoms with Gasteiger partial charge in [0.2, 0.25) is 5.75 Å². The van der Waals surface area contributed by atoms with E-state index in [4.69, 9.17) is 14.2 Å². The molecule has 2 bridgehead atoms. The van der Waals surface area contributed by atoms with Gasteiger partial charge in [-0.1, -0.05) is 26.0 Å². The van der Waals surface area contributed by atoms with Crippen LogP contribution in [-0.2, 0) is 15.9 Å². The Hall–Kier alpha value is -2.13. The molecule has 0 aromatic heterocycles. The van der Waals surface area contributed by atoms with Crippen LogP contribution in [0.3, 0.4) is 0 Å². The third-order valence-electron chi connectivity index (χ3n) is 7.28. The van der Waals surface area contributed by atoms with Crippen molar-refractivity contribution in [1.82, 2.24) is 0 Å². The Kier molecular flexibility index (Phi) is 6.73. The Balaban J connectivity index is 1.70. The van der Waals surface area contributed by atoms with Crippen LogP contribution in [0.4, 0.5) is 0 Å². The number of methoxy groups -OCH3 is 1. The van der Waals surface area contributed by atoms with E-state index in [1.54, 1.807) is 0 Å². The molecule has 2 heterocycles. The van der Waals surface area contributed by atoms with Crippen LogP contribution < -0.4 is 4.74 Å². The quantitative estimate of drug-likeness (QED) is 0.399. The lowest BCUT2D eigenvalue weighted by molar-refractivity contribution is -0.239. The summed E-state index contributed by atoms with van der Waals surface area (Å²) < 4.78 is 16.7. The van der Waals surface area contributed by atoms with E-state index in [1.165, 1.54) is 13.2 Å². The molecule has 2 saturated heterocycles. The van der Waals surface area contributed by atoms with E-state index in [-0.39, 0.29) is 41.3 Å². The number of aliphatic hydroxyl groups excluding tert-OH is 2. The number of fused-ring (bicyclic) bond motifs is 2. The highest BCUT2D eigenvalue weighted by Crippen LogP contribution is 2.51. The molecule has 3 aliphatic rings. The summed E-state index contributed by atoms with van der Waals surface area (Å²) in [6, 6.07) is 1.52. The fraction of sp³-hybridized carbons (Fsp3) is 0.640. The van der Waals surface area contributed by atoms with Crippen LogP contribution in [0.25, 0.3) is 0 Å². The zero-order valence-corrected chi connectivity index (χ0v) is 19.4. The van der Waals surface area contributed by atoms with Crippen molar-refractivity contribution >= 4 is 5.78 Å². The van der Waals surface area contributed by atoms with Crippen molar-refractivity contribution in [1.29, 1.82) is 0 Å². The number of hydrogen-bond acceptors (Lipinski definition) is 8. The Morgan fingerprint density at radius 1 is 1.24 bits per heavy atom. The Bertz CT molecular complexity index is 913. The van der Waals surface area contributed by atoms with Crippen molar-refractivity contribution in [2.75, 3.05) is 7.11 Å². The third-order valence-corrected chi connectivity index (χ3v) is 7.28. The van der Waals surface area contributed by atoms with E-state index in [0.717, 1.165) is 6.42 Å². The minimum atomic E-state index is -1.34. The van der Waals surface area contributed by atoms with E-state index < -0.39 is 35.8 Å². The minimum absolute atomic E-state index is 0.0448. The summed E-state index contributed by atoms with van der Waals surface area (Å²) in [4.78, 5) is 13.7. The lowest BCUT2D eigenvalue weighted by atomic mass is 9.79. The second-order valence-electron chi connectivity index (χ2n) is 9.47. The van der Waals surface area contributed by atoms with Gasteiger partial charge < -0.3 is 34.6 Å². The second-order valence-corrected chi connectivity index (χ2v) is 9.47. The summed E-state index contributed by atoms with van der Waals surface area (Å²) in [5.74, 6) is -1.69. The first-order valence-electron chi connectivity index (χ1n) is 11.8. The summed E-state index contributed by atoms with van der Waals surface area (Å²) in [7, 11) is 1.33. The van der Waals surface area contributed by atoms with Gasteiger partial charge in [-0.25, -0.2) is 0 Å². The lowest BCUT2D eigenvalue weighted by Crippen LogP contribution is -2.55. The van der Waals surface area contributed by atoms with Crippen molar-refractivity contribution in [3.05, 3.63) is 29.3 Å². The van der Waals surface area contributed by atoms with E-state index >= 15 is 0 Å². The normalized spacial score (nSPS) is 37.8. The van der Waals surface area contributed by atoms with Crippen LogP contribution in [0.5, 0.6) is 17.2 Å². The highest BCUT2D eigenvalue weighted by molar-refractivity contribution is 6.02. The average molecular weight is 463 g/mol. The predicted octanol–water partition coefficient (Wildman–Crippen LogP) is 2.84. The molecule has 1 aromatic carbocycles. The molecule has 0 radical (unpaired) electrons. The number of allylic oxidation sites excluding steroid dienone is 2. The van der Waals surface area contributed by atoms with Gasteiger partial charge in [-0.2, -0.15) is 0 Å². The molecule has 4 rings (SSSR count). The molecule has 4 N–H and O–H groups in total.